The lowest BCUT2D eigenvalue weighted by atomic mass is 9.99. The van der Waals surface area contributed by atoms with Crippen molar-refractivity contribution in [3.8, 4) is 0 Å². The largest absolute Gasteiger partial charge is 0.451 e. The van der Waals surface area contributed by atoms with E-state index in [9.17, 15) is 9.90 Å². The summed E-state index contributed by atoms with van der Waals surface area (Å²) in [7, 11) is 0. The molecule has 0 aliphatic carbocycles. The van der Waals surface area contributed by atoms with Crippen LogP contribution in [0.2, 0.25) is 0 Å². The second kappa shape index (κ2) is 5.16. The first-order valence-electron chi connectivity index (χ1n) is 5.35. The van der Waals surface area contributed by atoms with Gasteiger partial charge in [0, 0.05) is 0 Å². The normalized spacial score (nSPS) is 10.2. The van der Waals surface area contributed by atoms with Crippen LogP contribution in [0.1, 0.15) is 17.2 Å². The van der Waals surface area contributed by atoms with Crippen LogP contribution < -0.4 is 5.32 Å². The molecule has 0 heterocycles. The summed E-state index contributed by atoms with van der Waals surface area (Å²) in [5.41, 5.74) is 1.78. The Labute approximate surface area is 99.7 Å². The fourth-order valence-electron chi connectivity index (χ4n) is 1.77. The minimum atomic E-state index is -1.28. The number of hydrogen-bond donors (Lipinski definition) is 1. The summed E-state index contributed by atoms with van der Waals surface area (Å²) in [4.78, 5) is 10.7. The third kappa shape index (κ3) is 2.84. The van der Waals surface area contributed by atoms with Gasteiger partial charge < -0.3 is 5.32 Å². The van der Waals surface area contributed by atoms with Crippen molar-refractivity contribution in [3.63, 3.8) is 0 Å². The van der Waals surface area contributed by atoms with Gasteiger partial charge in [0.2, 0.25) is 0 Å². The Bertz CT molecular complexity index is 443. The van der Waals surface area contributed by atoms with E-state index >= 15 is 0 Å². The smallest absolute Gasteiger partial charge is 0.308 e. The van der Waals surface area contributed by atoms with Crippen molar-refractivity contribution in [2.75, 3.05) is 0 Å². The first-order valence-corrected chi connectivity index (χ1v) is 5.35. The van der Waals surface area contributed by atoms with Crippen molar-refractivity contribution in [3.05, 3.63) is 71.8 Å². The van der Waals surface area contributed by atoms with Crippen LogP contribution in [0.15, 0.2) is 60.7 Å². The van der Waals surface area contributed by atoms with Gasteiger partial charge in [-0.1, -0.05) is 60.7 Å². The molecule has 0 fully saturated rings. The Balaban J connectivity index is 2.36. The molecule has 3 nitrogen and oxygen atoms in total. The van der Waals surface area contributed by atoms with Gasteiger partial charge in [0.1, 0.15) is 0 Å². The fourth-order valence-corrected chi connectivity index (χ4v) is 1.77. The van der Waals surface area contributed by atoms with E-state index in [-0.39, 0.29) is 6.04 Å². The highest BCUT2D eigenvalue weighted by molar-refractivity contribution is 5.65. The Morgan fingerprint density at radius 2 is 1.24 bits per heavy atom. The van der Waals surface area contributed by atoms with Crippen molar-refractivity contribution < 1.29 is 9.90 Å². The highest BCUT2D eigenvalue weighted by Gasteiger charge is 2.16. The average Bonchev–Trinajstić information content (AvgIpc) is 2.38. The van der Waals surface area contributed by atoms with Crippen molar-refractivity contribution in [2.24, 2.45) is 0 Å². The molecule has 2 rings (SSSR count). The quantitative estimate of drug-likeness (QED) is 0.859. The summed E-state index contributed by atoms with van der Waals surface area (Å²) in [6.07, 6.45) is -1.28. The number of nitrogens with one attached hydrogen (secondary N) is 1. The highest BCUT2D eigenvalue weighted by Crippen LogP contribution is 2.21. The molecule has 1 amide bonds. The van der Waals surface area contributed by atoms with E-state index in [4.69, 9.17) is 0 Å². The zero-order valence-electron chi connectivity index (χ0n) is 9.17. The lowest BCUT2D eigenvalue weighted by molar-refractivity contribution is 0.166. The first-order chi connectivity index (χ1) is 8.27. The first kappa shape index (κ1) is 11.2. The molecule has 0 saturated heterocycles. The van der Waals surface area contributed by atoms with Crippen molar-refractivity contribution in [2.45, 2.75) is 6.04 Å². The molecule has 0 bridgehead atoms. The minimum absolute atomic E-state index is 0.387. The minimum Gasteiger partial charge on any atom is -0.308 e. The van der Waals surface area contributed by atoms with Crippen molar-refractivity contribution in [1.82, 2.24) is 5.32 Å². The predicted octanol–water partition coefficient (Wildman–Crippen LogP) is 2.92. The molecule has 0 aliphatic rings. The molecule has 2 aromatic carbocycles. The van der Waals surface area contributed by atoms with Gasteiger partial charge in [-0.05, 0) is 11.1 Å². The van der Waals surface area contributed by atoms with Crippen molar-refractivity contribution >= 4 is 6.09 Å². The van der Waals surface area contributed by atoms with Gasteiger partial charge in [-0.15, -0.1) is 0 Å². The Morgan fingerprint density at radius 1 is 0.824 bits per heavy atom. The molecule has 0 spiro atoms. The Morgan fingerprint density at radius 3 is 1.59 bits per heavy atom. The lowest BCUT2D eigenvalue weighted by Crippen LogP contribution is -2.26. The van der Waals surface area contributed by atoms with Crippen LogP contribution >= 0.6 is 0 Å². The van der Waals surface area contributed by atoms with Gasteiger partial charge >= 0.3 is 6.09 Å². The Hall–Kier alpha value is -2.29. The third-order valence-electron chi connectivity index (χ3n) is 2.53. The van der Waals surface area contributed by atoms with Crippen LogP contribution in [-0.2, 0) is 5.11 Å². The number of amides is 1. The Kier molecular flexibility index (Phi) is 3.40. The molecular weight excluding hydrogens is 214 g/mol. The zero-order valence-corrected chi connectivity index (χ0v) is 9.17. The molecule has 0 aromatic heterocycles. The summed E-state index contributed by atoms with van der Waals surface area (Å²) in [6, 6.07) is 18.4. The van der Waals surface area contributed by atoms with Crippen molar-refractivity contribution in [1.29, 1.82) is 0 Å². The number of rotatable bonds is 3. The number of hydrogen-bond acceptors (Lipinski definition) is 1. The van der Waals surface area contributed by atoms with Crippen LogP contribution in [0.3, 0.4) is 0 Å². The van der Waals surface area contributed by atoms with Crippen LogP contribution in [0, 0.1) is 0 Å². The van der Waals surface area contributed by atoms with E-state index in [0.29, 0.717) is 0 Å². The molecular formula is C14H12NO2. The van der Waals surface area contributed by atoms with Crippen LogP contribution in [0.25, 0.3) is 0 Å². The predicted molar refractivity (Wildman–Crippen MR) is 63.9 cm³/mol. The van der Waals surface area contributed by atoms with E-state index in [1.54, 1.807) is 0 Å². The molecule has 0 unspecified atom stereocenters. The van der Waals surface area contributed by atoms with Gasteiger partial charge in [0.05, 0.1) is 6.04 Å². The molecule has 1 radical (unpaired) electrons. The summed E-state index contributed by atoms with van der Waals surface area (Å²) in [5.74, 6) is 0. The topological polar surface area (TPSA) is 49.0 Å². The molecule has 1 N–H and O–H groups in total. The van der Waals surface area contributed by atoms with Gasteiger partial charge in [-0.3, -0.25) is 0 Å². The SMILES string of the molecule is [O]C(=O)NC(c1ccccc1)c1ccccc1. The fraction of sp³-hybridized carbons (Fsp3) is 0.0714. The number of carbonyl (C=O) groups is 1. The number of benzene rings is 2. The molecule has 0 saturated carbocycles. The van der Waals surface area contributed by atoms with Crippen LogP contribution in [0.5, 0.6) is 0 Å². The van der Waals surface area contributed by atoms with Crippen LogP contribution in [0.4, 0.5) is 4.79 Å². The summed E-state index contributed by atoms with van der Waals surface area (Å²) < 4.78 is 0. The number of carbonyl (C=O) groups excluding carboxylic acids is 1. The van der Waals surface area contributed by atoms with E-state index < -0.39 is 6.09 Å². The molecule has 17 heavy (non-hydrogen) atoms. The van der Waals surface area contributed by atoms with E-state index in [0.717, 1.165) is 11.1 Å². The van der Waals surface area contributed by atoms with Gasteiger partial charge in [0.15, 0.2) is 0 Å². The standard InChI is InChI=1S/C14H12NO2/c16-14(17)15-13(11-7-3-1-4-8-11)12-9-5-2-6-10-12/h1-10,13,15H. The summed E-state index contributed by atoms with van der Waals surface area (Å²) in [6.45, 7) is 0. The maximum atomic E-state index is 10.7. The molecule has 3 heteroatoms. The maximum Gasteiger partial charge on any atom is 0.451 e. The molecule has 85 valence electrons. The van der Waals surface area contributed by atoms with Gasteiger partial charge in [-0.2, -0.15) is 0 Å². The van der Waals surface area contributed by atoms with E-state index in [2.05, 4.69) is 5.32 Å². The lowest BCUT2D eigenvalue weighted by Gasteiger charge is -2.17. The molecule has 0 aliphatic heterocycles. The maximum absolute atomic E-state index is 10.7. The third-order valence-corrected chi connectivity index (χ3v) is 2.53. The highest BCUT2D eigenvalue weighted by atomic mass is 16.4. The van der Waals surface area contributed by atoms with Crippen LogP contribution in [-0.4, -0.2) is 6.09 Å². The monoisotopic (exact) mass is 226 g/mol. The zero-order chi connectivity index (χ0) is 12.1. The van der Waals surface area contributed by atoms with E-state index in [1.165, 1.54) is 0 Å². The average molecular weight is 226 g/mol. The van der Waals surface area contributed by atoms with E-state index in [1.807, 2.05) is 60.7 Å². The summed E-state index contributed by atoms with van der Waals surface area (Å²) >= 11 is 0. The molecule has 0 atom stereocenters. The second-order valence-electron chi connectivity index (χ2n) is 3.69. The molecule has 2 aromatic rings. The second-order valence-corrected chi connectivity index (χ2v) is 3.69. The van der Waals surface area contributed by atoms with Gasteiger partial charge in [0.25, 0.3) is 0 Å². The van der Waals surface area contributed by atoms with Gasteiger partial charge in [-0.25, -0.2) is 9.90 Å². The summed E-state index contributed by atoms with van der Waals surface area (Å²) in [5, 5.41) is 13.2.